The minimum absolute atomic E-state index is 0.0678. The SMILES string of the molecule is CCOC(c1noc(CCCNC)n1)C(C)C. The second-order valence-corrected chi connectivity index (χ2v) is 4.37. The summed E-state index contributed by atoms with van der Waals surface area (Å²) in [6.45, 7) is 7.78. The molecule has 98 valence electrons. The van der Waals surface area contributed by atoms with Crippen molar-refractivity contribution in [3.8, 4) is 0 Å². The summed E-state index contributed by atoms with van der Waals surface area (Å²) in [5, 5.41) is 7.10. The number of nitrogens with one attached hydrogen (secondary N) is 1. The van der Waals surface area contributed by atoms with Crippen molar-refractivity contribution in [2.24, 2.45) is 5.92 Å². The molecule has 1 unspecified atom stereocenters. The molecule has 0 aromatic carbocycles. The topological polar surface area (TPSA) is 60.2 Å². The first-order valence-corrected chi connectivity index (χ1v) is 6.27. The Labute approximate surface area is 103 Å². The molecule has 0 bridgehead atoms. The van der Waals surface area contributed by atoms with E-state index in [1.165, 1.54) is 0 Å². The van der Waals surface area contributed by atoms with Crippen LogP contribution in [0.3, 0.4) is 0 Å². The van der Waals surface area contributed by atoms with Crippen LogP contribution in [-0.4, -0.2) is 30.3 Å². The van der Waals surface area contributed by atoms with Gasteiger partial charge >= 0.3 is 0 Å². The van der Waals surface area contributed by atoms with E-state index in [4.69, 9.17) is 9.26 Å². The number of nitrogens with zero attached hydrogens (tertiary/aromatic N) is 2. The third-order valence-electron chi connectivity index (χ3n) is 2.51. The van der Waals surface area contributed by atoms with Crippen molar-refractivity contribution >= 4 is 0 Å². The van der Waals surface area contributed by atoms with Crippen LogP contribution in [0.1, 0.15) is 45.0 Å². The fraction of sp³-hybridized carbons (Fsp3) is 0.833. The average Bonchev–Trinajstić information content (AvgIpc) is 2.74. The average molecular weight is 241 g/mol. The standard InChI is InChI=1S/C12H23N3O2/c1-5-16-11(9(2)3)12-14-10(17-15-12)7-6-8-13-4/h9,11,13H,5-8H2,1-4H3. The van der Waals surface area contributed by atoms with Crippen LogP contribution in [0, 0.1) is 5.92 Å². The van der Waals surface area contributed by atoms with Crippen LogP contribution in [0.4, 0.5) is 0 Å². The van der Waals surface area contributed by atoms with Gasteiger partial charge in [0.2, 0.25) is 11.7 Å². The van der Waals surface area contributed by atoms with Gasteiger partial charge in [-0.1, -0.05) is 19.0 Å². The first-order valence-electron chi connectivity index (χ1n) is 6.27. The van der Waals surface area contributed by atoms with E-state index in [1.54, 1.807) is 0 Å². The van der Waals surface area contributed by atoms with E-state index in [9.17, 15) is 0 Å². The molecule has 0 aliphatic rings. The molecule has 1 N–H and O–H groups in total. The van der Waals surface area contributed by atoms with E-state index in [0.717, 1.165) is 19.4 Å². The minimum atomic E-state index is -0.0678. The van der Waals surface area contributed by atoms with Crippen LogP contribution >= 0.6 is 0 Å². The molecule has 0 spiro atoms. The summed E-state index contributed by atoms with van der Waals surface area (Å²) in [6.07, 6.45) is 1.74. The molecule has 0 amide bonds. The third kappa shape index (κ3) is 4.44. The van der Waals surface area contributed by atoms with Gasteiger partial charge < -0.3 is 14.6 Å². The molecule has 0 radical (unpaired) electrons. The van der Waals surface area contributed by atoms with E-state index in [1.807, 2.05) is 14.0 Å². The second kappa shape index (κ2) is 7.40. The van der Waals surface area contributed by atoms with Gasteiger partial charge in [0.1, 0.15) is 6.10 Å². The molecule has 0 saturated heterocycles. The number of hydrogen-bond donors (Lipinski definition) is 1. The van der Waals surface area contributed by atoms with Crippen molar-refractivity contribution in [1.29, 1.82) is 0 Å². The Hall–Kier alpha value is -0.940. The summed E-state index contributed by atoms with van der Waals surface area (Å²) in [4.78, 5) is 4.39. The summed E-state index contributed by atoms with van der Waals surface area (Å²) >= 11 is 0. The van der Waals surface area contributed by atoms with Crippen LogP contribution in [-0.2, 0) is 11.2 Å². The van der Waals surface area contributed by atoms with Crippen LogP contribution in [0.25, 0.3) is 0 Å². The summed E-state index contributed by atoms with van der Waals surface area (Å²) in [5.41, 5.74) is 0. The lowest BCUT2D eigenvalue weighted by atomic mass is 10.1. The molecule has 1 heterocycles. The molecule has 0 fully saturated rings. The molecular weight excluding hydrogens is 218 g/mol. The van der Waals surface area contributed by atoms with Gasteiger partial charge in [-0.25, -0.2) is 0 Å². The smallest absolute Gasteiger partial charge is 0.226 e. The first-order chi connectivity index (χ1) is 8.19. The van der Waals surface area contributed by atoms with Gasteiger partial charge in [0.15, 0.2) is 0 Å². The lowest BCUT2D eigenvalue weighted by Crippen LogP contribution is -2.13. The molecule has 0 aliphatic carbocycles. The van der Waals surface area contributed by atoms with Crippen molar-refractivity contribution in [3.05, 3.63) is 11.7 Å². The summed E-state index contributed by atoms with van der Waals surface area (Å²) in [6, 6.07) is 0. The predicted octanol–water partition coefficient (Wildman–Crippen LogP) is 1.96. The van der Waals surface area contributed by atoms with Crippen LogP contribution < -0.4 is 5.32 Å². The Kier molecular flexibility index (Phi) is 6.15. The quantitative estimate of drug-likeness (QED) is 0.705. The van der Waals surface area contributed by atoms with Crippen LogP contribution in [0.2, 0.25) is 0 Å². The van der Waals surface area contributed by atoms with Gasteiger partial charge in [0.05, 0.1) is 0 Å². The number of aryl methyl sites for hydroxylation is 1. The number of aromatic nitrogens is 2. The molecule has 1 rings (SSSR count). The monoisotopic (exact) mass is 241 g/mol. The number of hydrogen-bond acceptors (Lipinski definition) is 5. The van der Waals surface area contributed by atoms with E-state index < -0.39 is 0 Å². The van der Waals surface area contributed by atoms with E-state index >= 15 is 0 Å². The molecule has 5 heteroatoms. The largest absolute Gasteiger partial charge is 0.370 e. The second-order valence-electron chi connectivity index (χ2n) is 4.37. The van der Waals surface area contributed by atoms with E-state index in [-0.39, 0.29) is 6.10 Å². The zero-order chi connectivity index (χ0) is 12.7. The fourth-order valence-corrected chi connectivity index (χ4v) is 1.65. The Morgan fingerprint density at radius 3 is 2.76 bits per heavy atom. The summed E-state index contributed by atoms with van der Waals surface area (Å²) in [7, 11) is 1.93. The predicted molar refractivity (Wildman–Crippen MR) is 65.8 cm³/mol. The normalized spacial score (nSPS) is 13.2. The third-order valence-corrected chi connectivity index (χ3v) is 2.51. The molecule has 0 saturated carbocycles. The molecule has 17 heavy (non-hydrogen) atoms. The van der Waals surface area contributed by atoms with Crippen molar-refractivity contribution < 1.29 is 9.26 Å². The zero-order valence-electron chi connectivity index (χ0n) is 11.2. The molecule has 1 atom stereocenters. The molecule has 5 nitrogen and oxygen atoms in total. The maximum absolute atomic E-state index is 5.63. The van der Waals surface area contributed by atoms with Gasteiger partial charge in [-0.05, 0) is 32.9 Å². The van der Waals surface area contributed by atoms with Gasteiger partial charge in [0.25, 0.3) is 0 Å². The van der Waals surface area contributed by atoms with Crippen molar-refractivity contribution in [1.82, 2.24) is 15.5 Å². The van der Waals surface area contributed by atoms with Crippen molar-refractivity contribution in [2.45, 2.75) is 39.7 Å². The highest BCUT2D eigenvalue weighted by Gasteiger charge is 2.21. The Morgan fingerprint density at radius 1 is 1.41 bits per heavy atom. The lowest BCUT2D eigenvalue weighted by Gasteiger charge is -2.16. The minimum Gasteiger partial charge on any atom is -0.370 e. The number of rotatable bonds is 8. The van der Waals surface area contributed by atoms with Crippen molar-refractivity contribution in [2.75, 3.05) is 20.2 Å². The van der Waals surface area contributed by atoms with E-state index in [0.29, 0.717) is 24.2 Å². The van der Waals surface area contributed by atoms with Gasteiger partial charge in [-0.15, -0.1) is 0 Å². The molecule has 0 aliphatic heterocycles. The Bertz CT molecular complexity index is 312. The van der Waals surface area contributed by atoms with Gasteiger partial charge in [-0.3, -0.25) is 0 Å². The maximum atomic E-state index is 5.63. The fourth-order valence-electron chi connectivity index (χ4n) is 1.65. The summed E-state index contributed by atoms with van der Waals surface area (Å²) in [5.74, 6) is 1.71. The number of ether oxygens (including phenoxy) is 1. The maximum Gasteiger partial charge on any atom is 0.226 e. The Balaban J connectivity index is 2.58. The molecule has 1 aromatic heterocycles. The summed E-state index contributed by atoms with van der Waals surface area (Å²) < 4.78 is 10.9. The zero-order valence-corrected chi connectivity index (χ0v) is 11.2. The molecular formula is C12H23N3O2. The highest BCUT2D eigenvalue weighted by Crippen LogP contribution is 2.23. The highest BCUT2D eigenvalue weighted by molar-refractivity contribution is 4.93. The van der Waals surface area contributed by atoms with Crippen LogP contribution in [0.15, 0.2) is 4.52 Å². The van der Waals surface area contributed by atoms with Gasteiger partial charge in [-0.2, -0.15) is 4.98 Å². The lowest BCUT2D eigenvalue weighted by molar-refractivity contribution is 0.0217. The van der Waals surface area contributed by atoms with Crippen LogP contribution in [0.5, 0.6) is 0 Å². The highest BCUT2D eigenvalue weighted by atomic mass is 16.5. The molecule has 1 aromatic rings. The Morgan fingerprint density at radius 2 is 2.18 bits per heavy atom. The first kappa shape index (κ1) is 14.1. The van der Waals surface area contributed by atoms with Gasteiger partial charge in [0, 0.05) is 13.0 Å². The van der Waals surface area contributed by atoms with Crippen molar-refractivity contribution in [3.63, 3.8) is 0 Å². The van der Waals surface area contributed by atoms with E-state index in [2.05, 4.69) is 29.3 Å².